The largest absolute Gasteiger partial charge is 0.494 e. The molecule has 0 heterocycles. The molecule has 4 heteroatoms. The van der Waals surface area contributed by atoms with E-state index in [1.54, 1.807) is 25.3 Å². The summed E-state index contributed by atoms with van der Waals surface area (Å²) in [6, 6.07) is 5.29. The van der Waals surface area contributed by atoms with E-state index < -0.39 is 0 Å². The first-order valence-electron chi connectivity index (χ1n) is 11.9. The van der Waals surface area contributed by atoms with Crippen LogP contribution in [-0.4, -0.2) is 13.0 Å². The van der Waals surface area contributed by atoms with Crippen LogP contribution in [-0.2, 0) is 4.79 Å². The molecule has 0 aliphatic carbocycles. The number of carbonyl (C=O) groups excluding carboxylic acids is 1. The number of anilines is 2. The van der Waals surface area contributed by atoms with Crippen LogP contribution in [0.15, 0.2) is 18.2 Å². The number of carbonyl (C=O) groups is 1. The summed E-state index contributed by atoms with van der Waals surface area (Å²) < 4.78 is 5.26. The average molecular weight is 405 g/mol. The number of nitrogen functional groups attached to an aromatic ring is 1. The van der Waals surface area contributed by atoms with Crippen LogP contribution in [0.1, 0.15) is 110 Å². The highest BCUT2D eigenvalue weighted by Crippen LogP contribution is 2.26. The van der Waals surface area contributed by atoms with Crippen molar-refractivity contribution in [3.8, 4) is 5.75 Å². The van der Waals surface area contributed by atoms with Crippen molar-refractivity contribution >= 4 is 17.3 Å². The molecular formula is C25H44N2O2. The van der Waals surface area contributed by atoms with Crippen LogP contribution in [0, 0.1) is 0 Å². The number of methoxy groups -OCH3 is 1. The van der Waals surface area contributed by atoms with Gasteiger partial charge in [-0.3, -0.25) is 4.79 Å². The van der Waals surface area contributed by atoms with Gasteiger partial charge in [0.05, 0.1) is 12.8 Å². The molecule has 0 atom stereocenters. The minimum absolute atomic E-state index is 0.0442. The summed E-state index contributed by atoms with van der Waals surface area (Å²) in [6.07, 6.45) is 20.5. The number of hydrogen-bond donors (Lipinski definition) is 2. The van der Waals surface area contributed by atoms with Gasteiger partial charge in [-0.2, -0.15) is 0 Å². The smallest absolute Gasteiger partial charge is 0.224 e. The first kappa shape index (κ1) is 25.3. The van der Waals surface area contributed by atoms with Crippen molar-refractivity contribution in [3.63, 3.8) is 0 Å². The molecule has 1 aromatic rings. The Labute approximate surface area is 179 Å². The van der Waals surface area contributed by atoms with E-state index in [0.29, 0.717) is 23.5 Å². The molecule has 0 unspecified atom stereocenters. The second-order valence-corrected chi connectivity index (χ2v) is 8.21. The predicted octanol–water partition coefficient (Wildman–Crippen LogP) is 7.48. The minimum Gasteiger partial charge on any atom is -0.494 e. The SMILES string of the molecule is CCCCCCCCCCCCCCCCCC(=O)Nc1ccc(N)cc1OC. The molecule has 0 aliphatic rings. The zero-order valence-electron chi connectivity index (χ0n) is 18.9. The van der Waals surface area contributed by atoms with Crippen molar-refractivity contribution in [2.45, 2.75) is 110 Å². The van der Waals surface area contributed by atoms with Crippen LogP contribution in [0.4, 0.5) is 11.4 Å². The van der Waals surface area contributed by atoms with Crippen molar-refractivity contribution < 1.29 is 9.53 Å². The molecule has 0 radical (unpaired) electrons. The lowest BCUT2D eigenvalue weighted by molar-refractivity contribution is -0.116. The Morgan fingerprint density at radius 2 is 1.31 bits per heavy atom. The standard InChI is InChI=1S/C25H44N2O2/c1-3-4-5-6-7-8-9-10-11-12-13-14-15-16-17-18-25(28)27-23-20-19-22(26)21-24(23)29-2/h19-21H,3-18,26H2,1-2H3,(H,27,28). The first-order chi connectivity index (χ1) is 14.2. The van der Waals surface area contributed by atoms with Crippen molar-refractivity contribution in [1.82, 2.24) is 0 Å². The van der Waals surface area contributed by atoms with E-state index >= 15 is 0 Å². The fourth-order valence-electron chi connectivity index (χ4n) is 3.68. The van der Waals surface area contributed by atoms with Gasteiger partial charge < -0.3 is 15.8 Å². The number of rotatable bonds is 18. The third kappa shape index (κ3) is 13.2. The molecule has 1 rings (SSSR count). The molecule has 0 fully saturated rings. The van der Waals surface area contributed by atoms with E-state index in [-0.39, 0.29) is 5.91 Å². The van der Waals surface area contributed by atoms with E-state index in [0.717, 1.165) is 12.8 Å². The highest BCUT2D eigenvalue weighted by atomic mass is 16.5. The van der Waals surface area contributed by atoms with Crippen molar-refractivity contribution in [2.24, 2.45) is 0 Å². The number of nitrogens with two attached hydrogens (primary N) is 1. The fraction of sp³-hybridized carbons (Fsp3) is 0.720. The van der Waals surface area contributed by atoms with E-state index in [1.807, 2.05) is 0 Å². The quantitative estimate of drug-likeness (QED) is 0.197. The van der Waals surface area contributed by atoms with Gasteiger partial charge in [0, 0.05) is 18.2 Å². The number of hydrogen-bond acceptors (Lipinski definition) is 3. The summed E-state index contributed by atoms with van der Waals surface area (Å²) in [6.45, 7) is 2.28. The third-order valence-electron chi connectivity index (χ3n) is 5.51. The highest BCUT2D eigenvalue weighted by molar-refractivity contribution is 5.92. The monoisotopic (exact) mass is 404 g/mol. The number of ether oxygens (including phenoxy) is 1. The van der Waals surface area contributed by atoms with Gasteiger partial charge in [0.2, 0.25) is 5.91 Å². The second-order valence-electron chi connectivity index (χ2n) is 8.21. The Morgan fingerprint density at radius 3 is 1.79 bits per heavy atom. The van der Waals surface area contributed by atoms with Crippen molar-refractivity contribution in [3.05, 3.63) is 18.2 Å². The molecule has 4 nitrogen and oxygen atoms in total. The lowest BCUT2D eigenvalue weighted by Gasteiger charge is -2.10. The molecule has 0 saturated heterocycles. The summed E-state index contributed by atoms with van der Waals surface area (Å²) in [4.78, 5) is 12.1. The summed E-state index contributed by atoms with van der Waals surface area (Å²) in [5.41, 5.74) is 7.05. The zero-order chi connectivity index (χ0) is 21.2. The maximum atomic E-state index is 12.1. The number of amides is 1. The number of benzene rings is 1. The Morgan fingerprint density at radius 1 is 0.828 bits per heavy atom. The highest BCUT2D eigenvalue weighted by Gasteiger charge is 2.07. The molecule has 1 amide bonds. The lowest BCUT2D eigenvalue weighted by atomic mass is 10.0. The fourth-order valence-corrected chi connectivity index (χ4v) is 3.68. The maximum Gasteiger partial charge on any atom is 0.224 e. The molecule has 3 N–H and O–H groups in total. The molecule has 166 valence electrons. The van der Waals surface area contributed by atoms with Crippen LogP contribution in [0.2, 0.25) is 0 Å². The summed E-state index contributed by atoms with van der Waals surface area (Å²) in [5, 5.41) is 2.92. The van der Waals surface area contributed by atoms with Gasteiger partial charge in [-0.1, -0.05) is 96.8 Å². The summed E-state index contributed by atoms with van der Waals surface area (Å²) in [7, 11) is 1.58. The van der Waals surface area contributed by atoms with Gasteiger partial charge in [0.15, 0.2) is 0 Å². The van der Waals surface area contributed by atoms with Crippen molar-refractivity contribution in [2.75, 3.05) is 18.2 Å². The number of nitrogens with one attached hydrogen (secondary N) is 1. The molecule has 29 heavy (non-hydrogen) atoms. The Kier molecular flexibility index (Phi) is 15.0. The zero-order valence-corrected chi connectivity index (χ0v) is 18.9. The lowest BCUT2D eigenvalue weighted by Crippen LogP contribution is -2.12. The molecule has 0 aromatic heterocycles. The Balaban J connectivity index is 1.91. The van der Waals surface area contributed by atoms with E-state index in [2.05, 4.69) is 12.2 Å². The van der Waals surface area contributed by atoms with Gasteiger partial charge in [-0.25, -0.2) is 0 Å². The van der Waals surface area contributed by atoms with Gasteiger partial charge in [0.25, 0.3) is 0 Å². The Bertz CT molecular complexity index is 546. The maximum absolute atomic E-state index is 12.1. The van der Waals surface area contributed by atoms with E-state index in [1.165, 1.54) is 83.5 Å². The molecule has 0 saturated carbocycles. The average Bonchev–Trinajstić information content (AvgIpc) is 2.72. The van der Waals surface area contributed by atoms with Crippen LogP contribution in [0.3, 0.4) is 0 Å². The molecule has 0 bridgehead atoms. The predicted molar refractivity (Wildman–Crippen MR) is 126 cm³/mol. The van der Waals surface area contributed by atoms with Gasteiger partial charge in [-0.05, 0) is 18.6 Å². The number of unbranched alkanes of at least 4 members (excludes halogenated alkanes) is 14. The summed E-state index contributed by atoms with van der Waals surface area (Å²) >= 11 is 0. The Hall–Kier alpha value is -1.71. The van der Waals surface area contributed by atoms with Crippen LogP contribution < -0.4 is 15.8 Å². The van der Waals surface area contributed by atoms with Gasteiger partial charge in [0.1, 0.15) is 5.75 Å². The normalized spacial score (nSPS) is 10.8. The van der Waals surface area contributed by atoms with Crippen molar-refractivity contribution in [1.29, 1.82) is 0 Å². The third-order valence-corrected chi connectivity index (χ3v) is 5.51. The molecule has 0 spiro atoms. The van der Waals surface area contributed by atoms with Crippen LogP contribution >= 0.6 is 0 Å². The van der Waals surface area contributed by atoms with Crippen LogP contribution in [0.25, 0.3) is 0 Å². The molecule has 0 aliphatic heterocycles. The topological polar surface area (TPSA) is 64.4 Å². The summed E-state index contributed by atoms with van der Waals surface area (Å²) in [5.74, 6) is 0.651. The molecular weight excluding hydrogens is 360 g/mol. The minimum atomic E-state index is 0.0442. The van der Waals surface area contributed by atoms with E-state index in [9.17, 15) is 4.79 Å². The van der Waals surface area contributed by atoms with Crippen LogP contribution in [0.5, 0.6) is 5.75 Å². The molecule has 1 aromatic carbocycles. The second kappa shape index (κ2) is 17.2. The van der Waals surface area contributed by atoms with Gasteiger partial charge in [-0.15, -0.1) is 0 Å². The van der Waals surface area contributed by atoms with E-state index in [4.69, 9.17) is 10.5 Å². The van der Waals surface area contributed by atoms with Gasteiger partial charge >= 0.3 is 0 Å². The first-order valence-corrected chi connectivity index (χ1v) is 11.9.